The molecule has 0 atom stereocenters. The quantitative estimate of drug-likeness (QED) is 0.649. The molecule has 1 aliphatic rings. The topological polar surface area (TPSA) is 82.6 Å². The Bertz CT molecular complexity index is 584. The van der Waals surface area contributed by atoms with Gasteiger partial charge in [-0.2, -0.15) is 0 Å². The van der Waals surface area contributed by atoms with Crippen molar-refractivity contribution in [3.05, 3.63) is 29.6 Å². The van der Waals surface area contributed by atoms with Crippen LogP contribution in [0, 0.1) is 0 Å². The third-order valence-electron chi connectivity index (χ3n) is 4.67. The summed E-state index contributed by atoms with van der Waals surface area (Å²) in [5.74, 6) is -0.436. The predicted octanol–water partition coefficient (Wildman–Crippen LogP) is 0.682. The average Bonchev–Trinajstić information content (AvgIpc) is 2.76. The van der Waals surface area contributed by atoms with E-state index in [2.05, 4.69) is 21.8 Å². The highest BCUT2D eigenvalue weighted by Crippen LogP contribution is 2.05. The molecule has 1 saturated heterocycles. The summed E-state index contributed by atoms with van der Waals surface area (Å²) in [6.45, 7) is 8.60. The van der Waals surface area contributed by atoms with Crippen LogP contribution in [-0.4, -0.2) is 114 Å². The van der Waals surface area contributed by atoms with Gasteiger partial charge in [0.05, 0.1) is 65.7 Å². The van der Waals surface area contributed by atoms with Crippen molar-refractivity contribution in [2.24, 2.45) is 0 Å². The first kappa shape index (κ1) is 24.6. The van der Waals surface area contributed by atoms with Gasteiger partial charge in [-0.15, -0.1) is 0 Å². The number of ether oxygens (including phenoxy) is 5. The Morgan fingerprint density at radius 2 is 1.43 bits per heavy atom. The molecule has 30 heavy (non-hydrogen) atoms. The van der Waals surface area contributed by atoms with Crippen molar-refractivity contribution in [2.75, 3.05) is 93.2 Å². The molecule has 0 aromatic carbocycles. The lowest BCUT2D eigenvalue weighted by molar-refractivity contribution is 0.00965. The maximum absolute atomic E-state index is 11.7. The van der Waals surface area contributed by atoms with Crippen LogP contribution in [0.25, 0.3) is 0 Å². The van der Waals surface area contributed by atoms with E-state index in [9.17, 15) is 4.79 Å². The highest BCUT2D eigenvalue weighted by molar-refractivity contribution is 5.87. The van der Waals surface area contributed by atoms with Gasteiger partial charge < -0.3 is 28.6 Å². The lowest BCUT2D eigenvalue weighted by Gasteiger charge is -2.22. The van der Waals surface area contributed by atoms with Gasteiger partial charge in [-0.05, 0) is 19.2 Å². The number of carbonyl (C=O) groups is 1. The van der Waals surface area contributed by atoms with Gasteiger partial charge in [-0.25, -0.2) is 9.78 Å². The molecule has 1 aromatic heterocycles. The summed E-state index contributed by atoms with van der Waals surface area (Å²) < 4.78 is 27.4. The van der Waals surface area contributed by atoms with E-state index in [4.69, 9.17) is 23.7 Å². The molecule has 0 N–H and O–H groups in total. The van der Waals surface area contributed by atoms with E-state index < -0.39 is 5.97 Å². The Labute approximate surface area is 179 Å². The minimum atomic E-state index is -0.436. The number of nitrogens with zero attached hydrogens (tertiary/aromatic N) is 3. The van der Waals surface area contributed by atoms with Crippen molar-refractivity contribution < 1.29 is 28.5 Å². The summed E-state index contributed by atoms with van der Waals surface area (Å²) in [7, 11) is 3.41. The summed E-state index contributed by atoms with van der Waals surface area (Å²) in [6.07, 6.45) is 0. The van der Waals surface area contributed by atoms with Crippen LogP contribution in [0.2, 0.25) is 0 Å². The first-order valence-electron chi connectivity index (χ1n) is 10.4. The van der Waals surface area contributed by atoms with Crippen molar-refractivity contribution in [1.82, 2.24) is 14.8 Å². The predicted molar refractivity (Wildman–Crippen MR) is 112 cm³/mol. The molecule has 2 rings (SSSR count). The number of carbonyl (C=O) groups excluding carboxylic acids is 1. The normalized spacial score (nSPS) is 20.2. The number of pyridine rings is 1. The second-order valence-corrected chi connectivity index (χ2v) is 7.03. The largest absolute Gasteiger partial charge is 0.464 e. The molecule has 0 spiro atoms. The zero-order chi connectivity index (χ0) is 21.4. The van der Waals surface area contributed by atoms with E-state index >= 15 is 0 Å². The summed E-state index contributed by atoms with van der Waals surface area (Å²) in [5.41, 5.74) is 1.11. The van der Waals surface area contributed by atoms with Crippen LogP contribution < -0.4 is 0 Å². The molecule has 0 bridgehead atoms. The van der Waals surface area contributed by atoms with Gasteiger partial charge in [0.1, 0.15) is 5.69 Å². The SMILES string of the molecule is COC(=O)c1cccc(CN2CCOCCOCCN(C)CCOCCOCC2)n1. The van der Waals surface area contributed by atoms with Crippen LogP contribution in [-0.2, 0) is 30.2 Å². The van der Waals surface area contributed by atoms with Crippen molar-refractivity contribution in [3.8, 4) is 0 Å². The first-order chi connectivity index (χ1) is 14.7. The van der Waals surface area contributed by atoms with Gasteiger partial charge in [-0.3, -0.25) is 4.90 Å². The smallest absolute Gasteiger partial charge is 0.356 e. The van der Waals surface area contributed by atoms with Gasteiger partial charge in [-0.1, -0.05) is 6.07 Å². The summed E-state index contributed by atoms with van der Waals surface area (Å²) in [6, 6.07) is 5.37. The van der Waals surface area contributed by atoms with E-state index in [1.165, 1.54) is 7.11 Å². The molecule has 1 fully saturated rings. The minimum Gasteiger partial charge on any atom is -0.464 e. The number of hydrogen-bond donors (Lipinski definition) is 0. The van der Waals surface area contributed by atoms with Gasteiger partial charge in [0, 0.05) is 32.7 Å². The zero-order valence-electron chi connectivity index (χ0n) is 18.2. The Balaban J connectivity index is 1.85. The molecule has 0 saturated carbocycles. The Kier molecular flexibility index (Phi) is 12.5. The Hall–Kier alpha value is -1.62. The lowest BCUT2D eigenvalue weighted by Crippen LogP contribution is -2.32. The summed E-state index contributed by atoms with van der Waals surface area (Å²) >= 11 is 0. The monoisotopic (exact) mass is 425 g/mol. The molecule has 170 valence electrons. The number of rotatable bonds is 3. The third kappa shape index (κ3) is 10.4. The highest BCUT2D eigenvalue weighted by atomic mass is 16.5. The highest BCUT2D eigenvalue weighted by Gasteiger charge is 2.11. The number of hydrogen-bond acceptors (Lipinski definition) is 9. The fraction of sp³-hybridized carbons (Fsp3) is 0.714. The zero-order valence-corrected chi connectivity index (χ0v) is 18.2. The molecule has 2 heterocycles. The average molecular weight is 426 g/mol. The minimum absolute atomic E-state index is 0.309. The Morgan fingerprint density at radius 1 is 0.900 bits per heavy atom. The molecule has 9 heteroatoms. The maximum Gasteiger partial charge on any atom is 0.356 e. The van der Waals surface area contributed by atoms with Gasteiger partial charge >= 0.3 is 5.97 Å². The lowest BCUT2D eigenvalue weighted by atomic mass is 10.3. The van der Waals surface area contributed by atoms with Gasteiger partial charge in [0.15, 0.2) is 0 Å². The van der Waals surface area contributed by atoms with Crippen molar-refractivity contribution in [1.29, 1.82) is 0 Å². The second-order valence-electron chi connectivity index (χ2n) is 7.03. The fourth-order valence-corrected chi connectivity index (χ4v) is 2.87. The first-order valence-corrected chi connectivity index (χ1v) is 10.4. The third-order valence-corrected chi connectivity index (χ3v) is 4.67. The molecule has 0 unspecified atom stereocenters. The van der Waals surface area contributed by atoms with Crippen molar-refractivity contribution in [3.63, 3.8) is 0 Å². The molecule has 0 amide bonds. The molecule has 1 aromatic rings. The van der Waals surface area contributed by atoms with Crippen LogP contribution in [0.5, 0.6) is 0 Å². The van der Waals surface area contributed by atoms with Crippen molar-refractivity contribution in [2.45, 2.75) is 6.54 Å². The van der Waals surface area contributed by atoms with E-state index in [0.717, 1.165) is 31.9 Å². The fourth-order valence-electron chi connectivity index (χ4n) is 2.87. The van der Waals surface area contributed by atoms with Crippen LogP contribution in [0.3, 0.4) is 0 Å². The number of esters is 1. The Morgan fingerprint density at radius 3 is 1.97 bits per heavy atom. The molecular weight excluding hydrogens is 390 g/mol. The van der Waals surface area contributed by atoms with Crippen LogP contribution in [0.1, 0.15) is 16.2 Å². The van der Waals surface area contributed by atoms with E-state index in [1.807, 2.05) is 12.1 Å². The van der Waals surface area contributed by atoms with Crippen LogP contribution in [0.15, 0.2) is 18.2 Å². The molecule has 9 nitrogen and oxygen atoms in total. The van der Waals surface area contributed by atoms with Crippen molar-refractivity contribution >= 4 is 5.97 Å². The molecule has 1 aliphatic heterocycles. The van der Waals surface area contributed by atoms with E-state index in [0.29, 0.717) is 65.1 Å². The number of likely N-dealkylation sites (N-methyl/N-ethyl adjacent to an activating group) is 1. The standard InChI is InChI=1S/C21H35N3O6/c1-23-6-10-27-14-16-29-12-8-24(9-13-30-17-15-28-11-7-23)18-19-4-3-5-20(22-19)21(25)26-2/h3-5H,6-18H2,1-2H3. The van der Waals surface area contributed by atoms with Crippen LogP contribution >= 0.6 is 0 Å². The molecule has 0 radical (unpaired) electrons. The van der Waals surface area contributed by atoms with Gasteiger partial charge in [0.2, 0.25) is 0 Å². The molecular formula is C21H35N3O6. The summed E-state index contributed by atoms with van der Waals surface area (Å²) in [5, 5.41) is 0. The van der Waals surface area contributed by atoms with E-state index in [-0.39, 0.29) is 0 Å². The number of aromatic nitrogens is 1. The van der Waals surface area contributed by atoms with Crippen LogP contribution in [0.4, 0.5) is 0 Å². The van der Waals surface area contributed by atoms with E-state index in [1.54, 1.807) is 6.07 Å². The second kappa shape index (κ2) is 15.2. The number of methoxy groups -OCH3 is 1. The maximum atomic E-state index is 11.7. The molecule has 0 aliphatic carbocycles. The summed E-state index contributed by atoms with van der Waals surface area (Å²) in [4.78, 5) is 20.5. The van der Waals surface area contributed by atoms with Gasteiger partial charge in [0.25, 0.3) is 0 Å².